The second kappa shape index (κ2) is 5.14. The van der Waals surface area contributed by atoms with Gasteiger partial charge in [-0.2, -0.15) is 0 Å². The molecule has 21 heavy (non-hydrogen) atoms. The van der Waals surface area contributed by atoms with E-state index in [1.54, 1.807) is 0 Å². The molecular formula is C12H10F3N3O2S. The molecule has 0 saturated carbocycles. The van der Waals surface area contributed by atoms with Gasteiger partial charge in [0.25, 0.3) is 5.92 Å². The van der Waals surface area contributed by atoms with Crippen LogP contribution in [0.2, 0.25) is 0 Å². The van der Waals surface area contributed by atoms with Crippen LogP contribution in [0.25, 0.3) is 11.5 Å². The summed E-state index contributed by atoms with van der Waals surface area (Å²) >= 11 is 0.621. The van der Waals surface area contributed by atoms with Gasteiger partial charge in [0, 0.05) is 32.1 Å². The summed E-state index contributed by atoms with van der Waals surface area (Å²) in [6.45, 7) is 0.0874. The summed E-state index contributed by atoms with van der Waals surface area (Å²) in [5.41, 5.74) is 0.233. The predicted molar refractivity (Wildman–Crippen MR) is 70.2 cm³/mol. The molecule has 1 aliphatic heterocycles. The van der Waals surface area contributed by atoms with Crippen molar-refractivity contribution in [3.05, 3.63) is 27.8 Å². The Kier molecular flexibility index (Phi) is 3.44. The van der Waals surface area contributed by atoms with E-state index in [9.17, 15) is 18.0 Å². The Morgan fingerprint density at radius 2 is 2.05 bits per heavy atom. The van der Waals surface area contributed by atoms with E-state index in [-0.39, 0.29) is 43.2 Å². The quantitative estimate of drug-likeness (QED) is 0.852. The van der Waals surface area contributed by atoms with Crippen molar-refractivity contribution in [2.24, 2.45) is 0 Å². The monoisotopic (exact) mass is 317 g/mol. The third-order valence-corrected chi connectivity index (χ3v) is 3.74. The molecule has 1 saturated heterocycles. The number of anilines is 1. The van der Waals surface area contributed by atoms with Crippen LogP contribution in [-0.4, -0.2) is 28.4 Å². The maximum Gasteiger partial charge on any atom is 0.414 e. The molecule has 3 rings (SSSR count). The average molecular weight is 317 g/mol. The van der Waals surface area contributed by atoms with Gasteiger partial charge in [0.2, 0.25) is 5.89 Å². The molecule has 0 spiro atoms. The SMILES string of the molecule is O=c1oc(-c2cnc(N3CCC(F)(F)CC3)c(F)c2)ns1. The van der Waals surface area contributed by atoms with Crippen molar-refractivity contribution in [1.82, 2.24) is 9.36 Å². The molecule has 0 unspecified atom stereocenters. The van der Waals surface area contributed by atoms with Gasteiger partial charge in [-0.25, -0.2) is 22.9 Å². The Labute approximate surface area is 121 Å². The highest BCUT2D eigenvalue weighted by molar-refractivity contribution is 7.02. The third-order valence-electron chi connectivity index (χ3n) is 3.25. The Hall–Kier alpha value is -1.90. The van der Waals surface area contributed by atoms with E-state index in [2.05, 4.69) is 9.36 Å². The minimum absolute atomic E-state index is 0.00636. The Bertz CT molecular complexity index is 706. The molecule has 3 heterocycles. The lowest BCUT2D eigenvalue weighted by Crippen LogP contribution is -2.40. The van der Waals surface area contributed by atoms with Crippen molar-refractivity contribution in [2.75, 3.05) is 18.0 Å². The van der Waals surface area contributed by atoms with Crippen LogP contribution in [0.5, 0.6) is 0 Å². The average Bonchev–Trinajstić information content (AvgIpc) is 2.86. The van der Waals surface area contributed by atoms with E-state index in [4.69, 9.17) is 4.42 Å². The van der Waals surface area contributed by atoms with Crippen LogP contribution < -0.4 is 9.84 Å². The zero-order chi connectivity index (χ0) is 15.0. The molecule has 0 N–H and O–H groups in total. The highest BCUT2D eigenvalue weighted by Crippen LogP contribution is 2.31. The smallest absolute Gasteiger partial charge is 0.394 e. The first-order valence-electron chi connectivity index (χ1n) is 6.20. The molecule has 0 amide bonds. The second-order valence-electron chi connectivity index (χ2n) is 4.71. The van der Waals surface area contributed by atoms with Gasteiger partial charge in [0.1, 0.15) is 0 Å². The summed E-state index contributed by atoms with van der Waals surface area (Å²) in [7, 11) is 0. The van der Waals surface area contributed by atoms with Crippen molar-refractivity contribution >= 4 is 17.4 Å². The van der Waals surface area contributed by atoms with Crippen molar-refractivity contribution in [2.45, 2.75) is 18.8 Å². The summed E-state index contributed by atoms with van der Waals surface area (Å²) in [4.78, 5) is 15.8. The number of nitrogens with zero attached hydrogens (tertiary/aromatic N) is 3. The summed E-state index contributed by atoms with van der Waals surface area (Å²) in [5, 5.41) is 0. The first-order chi connectivity index (χ1) is 9.94. The fraction of sp³-hybridized carbons (Fsp3) is 0.417. The number of piperidine rings is 1. The van der Waals surface area contributed by atoms with Crippen molar-refractivity contribution < 1.29 is 17.6 Å². The molecule has 9 heteroatoms. The minimum Gasteiger partial charge on any atom is -0.394 e. The number of halogens is 3. The Morgan fingerprint density at radius 1 is 1.33 bits per heavy atom. The summed E-state index contributed by atoms with van der Waals surface area (Å²) in [6.07, 6.45) is 0.664. The predicted octanol–water partition coefficient (Wildman–Crippen LogP) is 2.53. The van der Waals surface area contributed by atoms with Gasteiger partial charge in [-0.05, 0) is 6.07 Å². The number of hydrogen-bond acceptors (Lipinski definition) is 6. The lowest BCUT2D eigenvalue weighted by molar-refractivity contribution is -0.0222. The fourth-order valence-corrected chi connectivity index (χ4v) is 2.55. The number of rotatable bonds is 2. The normalized spacial score (nSPS) is 18.0. The number of alkyl halides is 2. The molecule has 1 aliphatic rings. The van der Waals surface area contributed by atoms with Gasteiger partial charge in [0.05, 0.1) is 17.1 Å². The third kappa shape index (κ3) is 2.92. The summed E-state index contributed by atoms with van der Waals surface area (Å²) in [6, 6.07) is 1.13. The molecule has 0 bridgehead atoms. The van der Waals surface area contributed by atoms with Crippen LogP contribution in [0.4, 0.5) is 19.0 Å². The molecule has 112 valence electrons. The van der Waals surface area contributed by atoms with E-state index >= 15 is 0 Å². The highest BCUT2D eigenvalue weighted by Gasteiger charge is 2.35. The maximum atomic E-state index is 14.1. The van der Waals surface area contributed by atoms with Crippen LogP contribution in [0.1, 0.15) is 12.8 Å². The molecule has 5 nitrogen and oxygen atoms in total. The highest BCUT2D eigenvalue weighted by atomic mass is 32.1. The Morgan fingerprint density at radius 3 is 2.62 bits per heavy atom. The molecule has 2 aromatic heterocycles. The van der Waals surface area contributed by atoms with Crippen LogP contribution in [0.3, 0.4) is 0 Å². The molecular weight excluding hydrogens is 307 g/mol. The largest absolute Gasteiger partial charge is 0.414 e. The topological polar surface area (TPSA) is 59.2 Å². The number of aromatic nitrogens is 2. The van der Waals surface area contributed by atoms with Gasteiger partial charge < -0.3 is 9.32 Å². The molecule has 0 radical (unpaired) electrons. The van der Waals surface area contributed by atoms with Gasteiger partial charge >= 0.3 is 4.94 Å². The fourth-order valence-electron chi connectivity index (χ4n) is 2.13. The number of pyridine rings is 1. The Balaban J connectivity index is 1.84. The summed E-state index contributed by atoms with van der Waals surface area (Å²) in [5.74, 6) is -3.34. The van der Waals surface area contributed by atoms with Crippen LogP contribution in [0, 0.1) is 5.82 Å². The lowest BCUT2D eigenvalue weighted by Gasteiger charge is -2.32. The molecule has 0 aliphatic carbocycles. The second-order valence-corrected chi connectivity index (χ2v) is 5.41. The van der Waals surface area contributed by atoms with Crippen molar-refractivity contribution in [1.29, 1.82) is 0 Å². The maximum absolute atomic E-state index is 14.1. The molecule has 0 atom stereocenters. The van der Waals surface area contributed by atoms with Gasteiger partial charge in [-0.1, -0.05) is 0 Å². The van der Waals surface area contributed by atoms with Crippen LogP contribution >= 0.6 is 11.5 Å². The van der Waals surface area contributed by atoms with Gasteiger partial charge in [-0.3, -0.25) is 0 Å². The first kappa shape index (κ1) is 14.1. The molecule has 1 fully saturated rings. The first-order valence-corrected chi connectivity index (χ1v) is 6.97. The van der Waals surface area contributed by atoms with Crippen LogP contribution in [0.15, 0.2) is 21.5 Å². The molecule has 0 aromatic carbocycles. The van der Waals surface area contributed by atoms with E-state index < -0.39 is 16.7 Å². The zero-order valence-corrected chi connectivity index (χ0v) is 11.5. The van der Waals surface area contributed by atoms with Crippen molar-refractivity contribution in [3.8, 4) is 11.5 Å². The lowest BCUT2D eigenvalue weighted by atomic mass is 10.1. The van der Waals surface area contributed by atoms with Crippen LogP contribution in [-0.2, 0) is 0 Å². The van der Waals surface area contributed by atoms with E-state index in [1.807, 2.05) is 0 Å². The zero-order valence-electron chi connectivity index (χ0n) is 10.7. The van der Waals surface area contributed by atoms with Gasteiger partial charge in [-0.15, -0.1) is 4.37 Å². The number of hydrogen-bond donors (Lipinski definition) is 0. The van der Waals surface area contributed by atoms with E-state index in [1.165, 1.54) is 11.1 Å². The standard InChI is InChI=1S/C12H10F3N3O2S/c13-8-5-7(10-17-21-11(19)20-10)6-16-9(8)18-3-1-12(14,15)2-4-18/h5-6H,1-4H2. The molecule has 2 aromatic rings. The summed E-state index contributed by atoms with van der Waals surface area (Å²) < 4.78 is 48.8. The van der Waals surface area contributed by atoms with E-state index in [0.29, 0.717) is 11.5 Å². The minimum atomic E-state index is -2.70. The van der Waals surface area contributed by atoms with Crippen molar-refractivity contribution in [3.63, 3.8) is 0 Å². The van der Waals surface area contributed by atoms with E-state index in [0.717, 1.165) is 6.07 Å². The van der Waals surface area contributed by atoms with Gasteiger partial charge in [0.15, 0.2) is 11.6 Å².